The van der Waals surface area contributed by atoms with Crippen LogP contribution in [-0.2, 0) is 4.79 Å². The minimum Gasteiger partial charge on any atom is -0.325 e. The molecule has 0 aromatic heterocycles. The minimum absolute atomic E-state index is 0.192. The molecule has 2 aromatic carbocycles. The van der Waals surface area contributed by atoms with Crippen molar-refractivity contribution in [2.45, 2.75) is 13.8 Å². The second-order valence-electron chi connectivity index (χ2n) is 5.30. The summed E-state index contributed by atoms with van der Waals surface area (Å²) in [5.41, 5.74) is 1.18. The first-order valence-electron chi connectivity index (χ1n) is 7.04. The van der Waals surface area contributed by atoms with E-state index in [9.17, 15) is 14.0 Å². The highest BCUT2D eigenvalue weighted by atomic mass is 35.5. The van der Waals surface area contributed by atoms with E-state index in [2.05, 4.69) is 10.6 Å². The first kappa shape index (κ1) is 17.0. The van der Waals surface area contributed by atoms with Crippen molar-refractivity contribution in [3.8, 4) is 0 Å². The molecule has 2 aromatic rings. The van der Waals surface area contributed by atoms with E-state index >= 15 is 0 Å². The number of hydrogen-bond acceptors (Lipinski definition) is 2. The number of hydrogen-bond donors (Lipinski definition) is 2. The van der Waals surface area contributed by atoms with Gasteiger partial charge in [0.25, 0.3) is 5.91 Å². The molecule has 0 heterocycles. The Kier molecular flexibility index (Phi) is 5.34. The van der Waals surface area contributed by atoms with Crippen LogP contribution in [0.4, 0.5) is 15.8 Å². The maximum atomic E-state index is 12.9. The number of carbonyl (C=O) groups is 2. The van der Waals surface area contributed by atoms with Gasteiger partial charge in [-0.25, -0.2) is 4.39 Å². The predicted molar refractivity (Wildman–Crippen MR) is 89.3 cm³/mol. The second-order valence-corrected chi connectivity index (χ2v) is 5.71. The zero-order valence-corrected chi connectivity index (χ0v) is 13.4. The molecule has 2 amide bonds. The lowest BCUT2D eigenvalue weighted by atomic mass is 10.1. The van der Waals surface area contributed by atoms with Crippen molar-refractivity contribution in [3.63, 3.8) is 0 Å². The van der Waals surface area contributed by atoms with E-state index in [-0.39, 0.29) is 23.5 Å². The van der Waals surface area contributed by atoms with Gasteiger partial charge in [0.15, 0.2) is 0 Å². The number of nitrogens with one attached hydrogen (secondary N) is 2. The van der Waals surface area contributed by atoms with Gasteiger partial charge in [-0.15, -0.1) is 0 Å². The predicted octanol–water partition coefficient (Wildman–Crippen LogP) is 4.33. The van der Waals surface area contributed by atoms with Crippen molar-refractivity contribution < 1.29 is 14.0 Å². The third-order valence-corrected chi connectivity index (χ3v) is 3.44. The summed E-state index contributed by atoms with van der Waals surface area (Å²) in [5, 5.41) is 5.67. The smallest absolute Gasteiger partial charge is 0.255 e. The van der Waals surface area contributed by atoms with Crippen molar-refractivity contribution in [1.29, 1.82) is 0 Å². The Morgan fingerprint density at radius 1 is 1.04 bits per heavy atom. The number of carbonyl (C=O) groups excluding carboxylic acids is 2. The molecular weight excluding hydrogens is 319 g/mol. The molecule has 120 valence electrons. The Morgan fingerprint density at radius 2 is 1.70 bits per heavy atom. The van der Waals surface area contributed by atoms with Gasteiger partial charge in [0, 0.05) is 17.2 Å². The summed E-state index contributed by atoms with van der Waals surface area (Å²) >= 11 is 6.04. The van der Waals surface area contributed by atoms with E-state index in [1.165, 1.54) is 36.4 Å². The van der Waals surface area contributed by atoms with Crippen LogP contribution in [0.5, 0.6) is 0 Å². The maximum absolute atomic E-state index is 12.9. The molecule has 0 aliphatic heterocycles. The largest absolute Gasteiger partial charge is 0.325 e. The van der Waals surface area contributed by atoms with Crippen LogP contribution < -0.4 is 10.6 Å². The topological polar surface area (TPSA) is 58.2 Å². The molecule has 0 aliphatic rings. The molecule has 23 heavy (non-hydrogen) atoms. The number of halogens is 2. The van der Waals surface area contributed by atoms with Gasteiger partial charge in [0.05, 0.1) is 10.7 Å². The molecule has 6 heteroatoms. The fraction of sp³-hybridized carbons (Fsp3) is 0.176. The van der Waals surface area contributed by atoms with Crippen LogP contribution in [0.3, 0.4) is 0 Å². The highest BCUT2D eigenvalue weighted by Gasteiger charge is 2.13. The lowest BCUT2D eigenvalue weighted by Crippen LogP contribution is -2.19. The maximum Gasteiger partial charge on any atom is 0.255 e. The number of benzene rings is 2. The van der Waals surface area contributed by atoms with Crippen molar-refractivity contribution in [2.75, 3.05) is 10.6 Å². The summed E-state index contributed by atoms with van der Waals surface area (Å²) in [7, 11) is 0. The standard InChI is InChI=1S/C17H16ClFN2O2/c1-10(2)16(22)21-15-9-11(3-8-14(15)18)17(23)20-13-6-4-12(19)5-7-13/h3-10H,1-2H3,(H,20,23)(H,21,22). The number of amides is 2. The molecule has 0 spiro atoms. The Balaban J connectivity index is 2.17. The molecule has 2 N–H and O–H groups in total. The van der Waals surface area contributed by atoms with Gasteiger partial charge in [-0.3, -0.25) is 9.59 Å². The van der Waals surface area contributed by atoms with Crippen LogP contribution in [0.15, 0.2) is 42.5 Å². The molecule has 0 aliphatic carbocycles. The summed E-state index contributed by atoms with van der Waals surface area (Å²) in [5.74, 6) is -1.16. The summed E-state index contributed by atoms with van der Waals surface area (Å²) < 4.78 is 12.9. The molecule has 0 fully saturated rings. The SMILES string of the molecule is CC(C)C(=O)Nc1cc(C(=O)Nc2ccc(F)cc2)ccc1Cl. The van der Waals surface area contributed by atoms with Crippen LogP contribution >= 0.6 is 11.6 Å². The van der Waals surface area contributed by atoms with Crippen LogP contribution in [0.2, 0.25) is 5.02 Å². The average molecular weight is 335 g/mol. The molecule has 4 nitrogen and oxygen atoms in total. The van der Waals surface area contributed by atoms with E-state index in [0.717, 1.165) is 0 Å². The Labute approximate surface area is 138 Å². The molecule has 2 rings (SSSR count). The third kappa shape index (κ3) is 4.53. The lowest BCUT2D eigenvalue weighted by Gasteiger charge is -2.11. The summed E-state index contributed by atoms with van der Waals surface area (Å²) in [6.45, 7) is 3.52. The van der Waals surface area contributed by atoms with Crippen LogP contribution in [0.1, 0.15) is 24.2 Å². The van der Waals surface area contributed by atoms with Crippen molar-refractivity contribution in [2.24, 2.45) is 5.92 Å². The van der Waals surface area contributed by atoms with Gasteiger partial charge in [-0.1, -0.05) is 25.4 Å². The van der Waals surface area contributed by atoms with Crippen LogP contribution in [-0.4, -0.2) is 11.8 Å². The van der Waals surface area contributed by atoms with Gasteiger partial charge >= 0.3 is 0 Å². The molecule has 0 atom stereocenters. The van der Waals surface area contributed by atoms with Gasteiger partial charge in [0.2, 0.25) is 5.91 Å². The summed E-state index contributed by atoms with van der Waals surface area (Å²) in [6, 6.07) is 10.0. The zero-order chi connectivity index (χ0) is 17.0. The van der Waals surface area contributed by atoms with Crippen LogP contribution in [0.25, 0.3) is 0 Å². The van der Waals surface area contributed by atoms with Gasteiger partial charge in [-0.2, -0.15) is 0 Å². The highest BCUT2D eigenvalue weighted by molar-refractivity contribution is 6.34. The van der Waals surface area contributed by atoms with Gasteiger partial charge < -0.3 is 10.6 Å². The van der Waals surface area contributed by atoms with Gasteiger partial charge in [0.1, 0.15) is 5.82 Å². The van der Waals surface area contributed by atoms with E-state index in [0.29, 0.717) is 22.0 Å². The molecule has 0 unspecified atom stereocenters. The zero-order valence-electron chi connectivity index (χ0n) is 12.7. The molecular formula is C17H16ClFN2O2. The Morgan fingerprint density at radius 3 is 2.30 bits per heavy atom. The normalized spacial score (nSPS) is 10.5. The summed E-state index contributed by atoms with van der Waals surface area (Å²) in [4.78, 5) is 24.0. The van der Waals surface area contributed by atoms with Crippen molar-refractivity contribution in [3.05, 3.63) is 58.9 Å². The quantitative estimate of drug-likeness (QED) is 0.874. The van der Waals surface area contributed by atoms with E-state index in [1.807, 2.05) is 0 Å². The van der Waals surface area contributed by atoms with E-state index < -0.39 is 0 Å². The third-order valence-electron chi connectivity index (χ3n) is 3.11. The first-order valence-corrected chi connectivity index (χ1v) is 7.42. The monoisotopic (exact) mass is 334 g/mol. The number of anilines is 2. The van der Waals surface area contributed by atoms with Crippen LogP contribution in [0, 0.1) is 11.7 Å². The number of rotatable bonds is 4. The van der Waals surface area contributed by atoms with E-state index in [1.54, 1.807) is 19.9 Å². The molecule has 0 bridgehead atoms. The lowest BCUT2D eigenvalue weighted by molar-refractivity contribution is -0.118. The average Bonchev–Trinajstić information content (AvgIpc) is 2.51. The minimum atomic E-state index is -0.381. The van der Waals surface area contributed by atoms with Crippen molar-refractivity contribution >= 4 is 34.8 Å². The molecule has 0 saturated carbocycles. The Bertz CT molecular complexity index is 730. The summed E-state index contributed by atoms with van der Waals surface area (Å²) in [6.07, 6.45) is 0. The fourth-order valence-electron chi connectivity index (χ4n) is 1.78. The molecule has 0 saturated heterocycles. The van der Waals surface area contributed by atoms with Gasteiger partial charge in [-0.05, 0) is 42.5 Å². The van der Waals surface area contributed by atoms with E-state index in [4.69, 9.17) is 11.6 Å². The second kappa shape index (κ2) is 7.24. The fourth-order valence-corrected chi connectivity index (χ4v) is 1.94. The first-order chi connectivity index (χ1) is 10.9. The van der Waals surface area contributed by atoms with Crippen molar-refractivity contribution in [1.82, 2.24) is 0 Å². The highest BCUT2D eigenvalue weighted by Crippen LogP contribution is 2.24. The Hall–Kier alpha value is -2.40. The molecule has 0 radical (unpaired) electrons.